The molecule has 1 aromatic carbocycles. The van der Waals surface area contributed by atoms with E-state index in [-0.39, 0.29) is 5.57 Å². The summed E-state index contributed by atoms with van der Waals surface area (Å²) < 4.78 is 16.9. The maximum absolute atomic E-state index is 14.5. The molecule has 31 heavy (non-hydrogen) atoms. The van der Waals surface area contributed by atoms with Gasteiger partial charge in [0.05, 0.1) is 11.4 Å². The van der Waals surface area contributed by atoms with Crippen molar-refractivity contribution in [2.24, 2.45) is 0 Å². The van der Waals surface area contributed by atoms with E-state index in [1.807, 2.05) is 0 Å². The number of pyridine rings is 1. The highest BCUT2D eigenvalue weighted by molar-refractivity contribution is 9.10. The molecule has 1 saturated heterocycles. The molecule has 3 aromatic rings. The molecule has 1 aliphatic rings. The van der Waals surface area contributed by atoms with Crippen LogP contribution in [0.15, 0.2) is 58.8 Å². The predicted octanol–water partition coefficient (Wildman–Crippen LogP) is 4.06. The molecule has 4 rings (SSSR count). The Bertz CT molecular complexity index is 1270. The fourth-order valence-electron chi connectivity index (χ4n) is 3.51. The highest BCUT2D eigenvalue weighted by Gasteiger charge is 2.37. The van der Waals surface area contributed by atoms with Gasteiger partial charge in [-0.1, -0.05) is 15.9 Å². The number of hydrogen-bond donors (Lipinski definition) is 1. The Morgan fingerprint density at radius 2 is 1.77 bits per heavy atom. The highest BCUT2D eigenvalue weighted by Crippen LogP contribution is 2.27. The summed E-state index contributed by atoms with van der Waals surface area (Å²) in [4.78, 5) is 42.4. The monoisotopic (exact) mass is 482 g/mol. The number of urea groups is 1. The standard InChI is InChI=1S/C22H16BrFN4O3/c1-12-9-14(13(2)27(12)19-4-3-15(23)11-18(19)24)10-17-20(29)26-22(31)28(21(17)30)16-5-7-25-8-6-16/h3-11H,1-2H3,(H,26,29,31)/b17-10+. The molecule has 1 aliphatic heterocycles. The molecule has 1 fully saturated rings. The molecule has 3 heterocycles. The molecule has 7 nitrogen and oxygen atoms in total. The minimum absolute atomic E-state index is 0.201. The average Bonchev–Trinajstić information content (AvgIpc) is 2.99. The van der Waals surface area contributed by atoms with E-state index in [0.29, 0.717) is 27.1 Å². The first kappa shape index (κ1) is 20.7. The van der Waals surface area contributed by atoms with Crippen LogP contribution in [0.25, 0.3) is 11.8 Å². The lowest BCUT2D eigenvalue weighted by atomic mass is 10.1. The summed E-state index contributed by atoms with van der Waals surface area (Å²) in [5.74, 6) is -1.96. The number of halogens is 2. The normalized spacial score (nSPS) is 15.5. The van der Waals surface area contributed by atoms with Crippen LogP contribution in [0.3, 0.4) is 0 Å². The van der Waals surface area contributed by atoms with E-state index in [4.69, 9.17) is 0 Å². The first-order chi connectivity index (χ1) is 14.8. The van der Waals surface area contributed by atoms with Crippen LogP contribution in [0.2, 0.25) is 0 Å². The molecule has 0 radical (unpaired) electrons. The Labute approximate surface area is 185 Å². The van der Waals surface area contributed by atoms with Crippen LogP contribution in [0, 0.1) is 19.7 Å². The average molecular weight is 483 g/mol. The smallest absolute Gasteiger partial charge is 0.315 e. The van der Waals surface area contributed by atoms with Crippen LogP contribution in [0.5, 0.6) is 0 Å². The topological polar surface area (TPSA) is 84.3 Å². The van der Waals surface area contributed by atoms with Crippen molar-refractivity contribution in [1.29, 1.82) is 0 Å². The Morgan fingerprint density at radius 3 is 2.45 bits per heavy atom. The molecule has 0 saturated carbocycles. The van der Waals surface area contributed by atoms with Crippen LogP contribution in [-0.4, -0.2) is 27.4 Å². The number of carbonyl (C=O) groups excluding carboxylic acids is 3. The van der Waals surface area contributed by atoms with E-state index in [9.17, 15) is 18.8 Å². The van der Waals surface area contributed by atoms with Gasteiger partial charge in [0.15, 0.2) is 0 Å². The molecule has 1 N–H and O–H groups in total. The summed E-state index contributed by atoms with van der Waals surface area (Å²) in [6.07, 6.45) is 4.29. The van der Waals surface area contributed by atoms with Crippen LogP contribution in [0.4, 0.5) is 14.9 Å². The lowest BCUT2D eigenvalue weighted by molar-refractivity contribution is -0.122. The van der Waals surface area contributed by atoms with Crippen molar-refractivity contribution < 1.29 is 18.8 Å². The van der Waals surface area contributed by atoms with Crippen molar-refractivity contribution in [2.45, 2.75) is 13.8 Å². The number of imide groups is 2. The summed E-state index contributed by atoms with van der Waals surface area (Å²) in [6.45, 7) is 3.56. The zero-order chi connectivity index (χ0) is 22.3. The SMILES string of the molecule is Cc1cc(/C=C2\C(=O)NC(=O)N(c3ccncc3)C2=O)c(C)n1-c1ccc(Br)cc1F. The second-order valence-corrected chi connectivity index (χ2v) is 7.84. The summed E-state index contributed by atoms with van der Waals surface area (Å²) >= 11 is 3.24. The molecular weight excluding hydrogens is 467 g/mol. The van der Waals surface area contributed by atoms with Crippen LogP contribution in [0.1, 0.15) is 17.0 Å². The first-order valence-electron chi connectivity index (χ1n) is 9.24. The number of aromatic nitrogens is 2. The van der Waals surface area contributed by atoms with E-state index >= 15 is 0 Å². The number of anilines is 1. The fourth-order valence-corrected chi connectivity index (χ4v) is 3.84. The number of barbiturate groups is 1. The second kappa shape index (κ2) is 7.92. The number of aryl methyl sites for hydroxylation is 1. The third-order valence-corrected chi connectivity index (χ3v) is 5.44. The van der Waals surface area contributed by atoms with Crippen LogP contribution >= 0.6 is 15.9 Å². The maximum atomic E-state index is 14.5. The van der Waals surface area contributed by atoms with Gasteiger partial charge < -0.3 is 4.57 Å². The van der Waals surface area contributed by atoms with Gasteiger partial charge in [-0.05, 0) is 61.9 Å². The Morgan fingerprint density at radius 1 is 1.06 bits per heavy atom. The summed E-state index contributed by atoms with van der Waals surface area (Å²) in [5, 5.41) is 2.18. The number of benzene rings is 1. The van der Waals surface area contributed by atoms with Gasteiger partial charge in [-0.15, -0.1) is 0 Å². The van der Waals surface area contributed by atoms with Gasteiger partial charge in [-0.25, -0.2) is 14.1 Å². The minimum atomic E-state index is -0.833. The van der Waals surface area contributed by atoms with Crippen molar-refractivity contribution in [3.8, 4) is 5.69 Å². The molecule has 2 aromatic heterocycles. The van der Waals surface area contributed by atoms with E-state index in [1.54, 1.807) is 36.6 Å². The van der Waals surface area contributed by atoms with Crippen molar-refractivity contribution >= 4 is 45.5 Å². The Hall–Kier alpha value is -3.59. The van der Waals surface area contributed by atoms with Gasteiger partial charge in [0.25, 0.3) is 11.8 Å². The maximum Gasteiger partial charge on any atom is 0.335 e. The van der Waals surface area contributed by atoms with Crippen molar-refractivity contribution in [2.75, 3.05) is 4.90 Å². The Balaban J connectivity index is 1.78. The van der Waals surface area contributed by atoms with Gasteiger partial charge in [0, 0.05) is 28.3 Å². The van der Waals surface area contributed by atoms with E-state index < -0.39 is 23.7 Å². The van der Waals surface area contributed by atoms with Crippen molar-refractivity contribution in [3.05, 3.63) is 81.6 Å². The fraction of sp³-hybridized carbons (Fsp3) is 0.0909. The number of nitrogens with zero attached hydrogens (tertiary/aromatic N) is 3. The number of hydrogen-bond acceptors (Lipinski definition) is 4. The molecule has 0 unspecified atom stereocenters. The number of rotatable bonds is 3. The third-order valence-electron chi connectivity index (χ3n) is 4.94. The summed E-state index contributed by atoms with van der Waals surface area (Å²) in [6, 6.07) is 8.63. The number of carbonyl (C=O) groups is 3. The van der Waals surface area contributed by atoms with E-state index in [2.05, 4.69) is 26.2 Å². The van der Waals surface area contributed by atoms with Crippen LogP contribution < -0.4 is 10.2 Å². The van der Waals surface area contributed by atoms with E-state index in [0.717, 1.165) is 10.6 Å². The minimum Gasteiger partial charge on any atom is -0.315 e. The van der Waals surface area contributed by atoms with Crippen molar-refractivity contribution in [3.63, 3.8) is 0 Å². The number of nitrogens with one attached hydrogen (secondary N) is 1. The van der Waals surface area contributed by atoms with Gasteiger partial charge in [-0.2, -0.15) is 0 Å². The molecule has 0 bridgehead atoms. The second-order valence-electron chi connectivity index (χ2n) is 6.92. The van der Waals surface area contributed by atoms with E-state index in [1.165, 1.54) is 36.7 Å². The zero-order valence-corrected chi connectivity index (χ0v) is 18.1. The first-order valence-corrected chi connectivity index (χ1v) is 10.0. The predicted molar refractivity (Wildman–Crippen MR) is 116 cm³/mol. The molecule has 156 valence electrons. The van der Waals surface area contributed by atoms with Gasteiger partial charge in [0.1, 0.15) is 11.4 Å². The molecular formula is C22H16BrFN4O3. The largest absolute Gasteiger partial charge is 0.335 e. The van der Waals surface area contributed by atoms with Gasteiger partial charge in [0.2, 0.25) is 0 Å². The zero-order valence-electron chi connectivity index (χ0n) is 16.5. The molecule has 0 atom stereocenters. The molecule has 0 spiro atoms. The summed E-state index contributed by atoms with van der Waals surface area (Å²) in [5.41, 5.74) is 2.35. The molecule has 9 heteroatoms. The molecule has 4 amide bonds. The van der Waals surface area contributed by atoms with Gasteiger partial charge >= 0.3 is 6.03 Å². The van der Waals surface area contributed by atoms with Crippen molar-refractivity contribution in [1.82, 2.24) is 14.9 Å². The highest BCUT2D eigenvalue weighted by atomic mass is 79.9. The molecule has 0 aliphatic carbocycles. The van der Waals surface area contributed by atoms with Gasteiger partial charge in [-0.3, -0.25) is 19.9 Å². The Kier molecular flexibility index (Phi) is 5.28. The lowest BCUT2D eigenvalue weighted by Gasteiger charge is -2.26. The third kappa shape index (κ3) is 3.68. The summed E-state index contributed by atoms with van der Waals surface area (Å²) in [7, 11) is 0. The van der Waals surface area contributed by atoms with Crippen LogP contribution in [-0.2, 0) is 9.59 Å². The quantitative estimate of drug-likeness (QED) is 0.450. The lowest BCUT2D eigenvalue weighted by Crippen LogP contribution is -2.54. The number of amides is 4.